The Morgan fingerprint density at radius 1 is 0.815 bits per heavy atom. The summed E-state index contributed by atoms with van der Waals surface area (Å²) in [7, 11) is 1.39. The predicted molar refractivity (Wildman–Crippen MR) is 90.8 cm³/mol. The minimum atomic E-state index is -4.51. The van der Waals surface area contributed by atoms with Crippen molar-refractivity contribution in [2.24, 2.45) is 0 Å². The van der Waals surface area contributed by atoms with E-state index in [1.165, 1.54) is 19.2 Å². The predicted octanol–water partition coefficient (Wildman–Crippen LogP) is 7.06. The fourth-order valence-electron chi connectivity index (χ4n) is 1.69. The molecule has 2 nitrogen and oxygen atoms in total. The molecular formula is C16H11Br2F7O2. The Morgan fingerprint density at radius 3 is 1.74 bits per heavy atom. The summed E-state index contributed by atoms with van der Waals surface area (Å²) in [6, 6.07) is 6.47. The molecule has 0 N–H and O–H groups in total. The van der Waals surface area contributed by atoms with Gasteiger partial charge in [0.1, 0.15) is 11.6 Å². The molecule has 0 aliphatic rings. The Labute approximate surface area is 166 Å². The van der Waals surface area contributed by atoms with Crippen molar-refractivity contribution in [3.05, 3.63) is 62.3 Å². The van der Waals surface area contributed by atoms with Gasteiger partial charge in [0.15, 0.2) is 6.79 Å². The monoisotopic (exact) mass is 526 g/mol. The average Bonchev–Trinajstić information content (AvgIpc) is 2.55. The Hall–Kier alpha value is -1.33. The standard InChI is InChI=1S/C9H8BrF3O2.C7H3BrF4/c1-14-5-15-7-4-2-3-6(8(7)10)9(11,12)13;8-6-4(7(10,11)12)2-1-3-5(6)9/h2-4H,5H2,1H3;1-3H. The van der Waals surface area contributed by atoms with E-state index >= 15 is 0 Å². The van der Waals surface area contributed by atoms with Crippen LogP contribution in [0.15, 0.2) is 45.3 Å². The van der Waals surface area contributed by atoms with Crippen molar-refractivity contribution in [2.75, 3.05) is 13.9 Å². The highest BCUT2D eigenvalue weighted by molar-refractivity contribution is 9.11. The average molecular weight is 528 g/mol. The highest BCUT2D eigenvalue weighted by Gasteiger charge is 2.34. The molecule has 0 heterocycles. The van der Waals surface area contributed by atoms with Gasteiger partial charge >= 0.3 is 12.4 Å². The van der Waals surface area contributed by atoms with E-state index in [-0.39, 0.29) is 17.0 Å². The second-order valence-electron chi connectivity index (χ2n) is 4.77. The van der Waals surface area contributed by atoms with E-state index in [1.54, 1.807) is 0 Å². The number of benzene rings is 2. The molecule has 0 aliphatic carbocycles. The second kappa shape index (κ2) is 9.74. The molecule has 11 heteroatoms. The Kier molecular flexibility index (Phi) is 8.55. The summed E-state index contributed by atoms with van der Waals surface area (Å²) >= 11 is 5.37. The van der Waals surface area contributed by atoms with Gasteiger partial charge in [-0.1, -0.05) is 12.1 Å². The van der Waals surface area contributed by atoms with E-state index < -0.39 is 33.8 Å². The van der Waals surface area contributed by atoms with Gasteiger partial charge in [0, 0.05) is 7.11 Å². The highest BCUT2D eigenvalue weighted by atomic mass is 79.9. The maximum Gasteiger partial charge on any atom is 0.417 e. The van der Waals surface area contributed by atoms with Crippen LogP contribution in [0.2, 0.25) is 0 Å². The zero-order valence-corrected chi connectivity index (χ0v) is 16.6. The smallest absolute Gasteiger partial charge is 0.417 e. The molecular weight excluding hydrogens is 517 g/mol. The van der Waals surface area contributed by atoms with E-state index in [0.29, 0.717) is 0 Å². The van der Waals surface area contributed by atoms with E-state index in [1.807, 2.05) is 0 Å². The van der Waals surface area contributed by atoms with Crippen LogP contribution < -0.4 is 4.74 Å². The molecule has 0 saturated heterocycles. The third kappa shape index (κ3) is 6.96. The zero-order chi connectivity index (χ0) is 20.8. The van der Waals surface area contributed by atoms with Gasteiger partial charge in [0.05, 0.1) is 20.1 Å². The maximum absolute atomic E-state index is 12.6. The molecule has 2 aromatic carbocycles. The van der Waals surface area contributed by atoms with Crippen molar-refractivity contribution < 1.29 is 40.2 Å². The van der Waals surface area contributed by atoms with Gasteiger partial charge in [-0.3, -0.25) is 0 Å². The number of halogens is 9. The molecule has 0 fully saturated rings. The Morgan fingerprint density at radius 2 is 1.30 bits per heavy atom. The first kappa shape index (κ1) is 23.7. The summed E-state index contributed by atoms with van der Waals surface area (Å²) in [6.45, 7) is -0.0973. The quantitative estimate of drug-likeness (QED) is 0.314. The molecule has 0 atom stereocenters. The van der Waals surface area contributed by atoms with E-state index in [4.69, 9.17) is 4.74 Å². The van der Waals surface area contributed by atoms with Gasteiger partial charge in [-0.05, 0) is 56.1 Å². The van der Waals surface area contributed by atoms with Crippen molar-refractivity contribution in [3.8, 4) is 5.75 Å². The fourth-order valence-corrected chi connectivity index (χ4v) is 2.78. The van der Waals surface area contributed by atoms with E-state index in [0.717, 1.165) is 24.3 Å². The van der Waals surface area contributed by atoms with Gasteiger partial charge in [-0.25, -0.2) is 4.39 Å². The lowest BCUT2D eigenvalue weighted by atomic mass is 10.2. The molecule has 0 bridgehead atoms. The largest absolute Gasteiger partial charge is 0.466 e. The lowest BCUT2D eigenvalue weighted by Crippen LogP contribution is -2.07. The summed E-state index contributed by atoms with van der Waals surface area (Å²) < 4.78 is 94.9. The summed E-state index contributed by atoms with van der Waals surface area (Å²) in [4.78, 5) is 0. The Balaban J connectivity index is 0.000000277. The van der Waals surface area contributed by atoms with Gasteiger partial charge in [0.2, 0.25) is 0 Å². The number of hydrogen-bond donors (Lipinski definition) is 0. The third-order valence-corrected chi connectivity index (χ3v) is 4.48. The molecule has 2 aromatic rings. The van der Waals surface area contributed by atoms with Crippen molar-refractivity contribution in [1.29, 1.82) is 0 Å². The molecule has 0 spiro atoms. The lowest BCUT2D eigenvalue weighted by Gasteiger charge is -2.12. The third-order valence-electron chi connectivity index (χ3n) is 2.86. The Bertz CT molecular complexity index is 761. The van der Waals surface area contributed by atoms with Crippen LogP contribution in [0, 0.1) is 5.82 Å². The molecule has 0 amide bonds. The minimum absolute atomic E-state index is 0.0973. The van der Waals surface area contributed by atoms with Gasteiger partial charge in [-0.2, -0.15) is 26.3 Å². The summed E-state index contributed by atoms with van der Waals surface area (Å²) in [5.74, 6) is -0.809. The van der Waals surface area contributed by atoms with Gasteiger partial charge < -0.3 is 9.47 Å². The number of rotatable bonds is 3. The van der Waals surface area contributed by atoms with E-state index in [9.17, 15) is 30.7 Å². The number of ether oxygens (including phenoxy) is 2. The summed E-state index contributed by atoms with van der Waals surface area (Å²) in [6.07, 6.45) is -8.91. The second-order valence-corrected chi connectivity index (χ2v) is 6.35. The van der Waals surface area contributed by atoms with Crippen LogP contribution in [0.25, 0.3) is 0 Å². The maximum atomic E-state index is 12.6. The van der Waals surface area contributed by atoms with Gasteiger partial charge in [0.25, 0.3) is 0 Å². The van der Waals surface area contributed by atoms with Crippen LogP contribution in [-0.4, -0.2) is 13.9 Å². The normalized spacial score (nSPS) is 11.6. The molecule has 0 saturated carbocycles. The topological polar surface area (TPSA) is 18.5 Å². The van der Waals surface area contributed by atoms with Crippen LogP contribution in [0.5, 0.6) is 5.75 Å². The lowest BCUT2D eigenvalue weighted by molar-refractivity contribution is -0.139. The van der Waals surface area contributed by atoms with Crippen LogP contribution in [0.3, 0.4) is 0 Å². The number of methoxy groups -OCH3 is 1. The van der Waals surface area contributed by atoms with Crippen LogP contribution in [0.1, 0.15) is 11.1 Å². The number of alkyl halides is 6. The van der Waals surface area contributed by atoms with Crippen LogP contribution in [-0.2, 0) is 17.1 Å². The van der Waals surface area contributed by atoms with Crippen LogP contribution >= 0.6 is 31.9 Å². The van der Waals surface area contributed by atoms with Gasteiger partial charge in [-0.15, -0.1) is 0 Å². The van der Waals surface area contributed by atoms with Crippen molar-refractivity contribution in [2.45, 2.75) is 12.4 Å². The molecule has 0 aliphatic heterocycles. The van der Waals surface area contributed by atoms with Crippen LogP contribution in [0.4, 0.5) is 30.7 Å². The first-order valence-corrected chi connectivity index (χ1v) is 8.46. The minimum Gasteiger partial charge on any atom is -0.466 e. The number of hydrogen-bond acceptors (Lipinski definition) is 2. The van der Waals surface area contributed by atoms with E-state index in [2.05, 4.69) is 36.6 Å². The molecule has 0 aromatic heterocycles. The molecule has 2 rings (SSSR count). The van der Waals surface area contributed by atoms with Crippen molar-refractivity contribution in [3.63, 3.8) is 0 Å². The first-order valence-electron chi connectivity index (χ1n) is 6.88. The molecule has 0 radical (unpaired) electrons. The first-order chi connectivity index (χ1) is 12.4. The fraction of sp³-hybridized carbons (Fsp3) is 0.250. The zero-order valence-electron chi connectivity index (χ0n) is 13.4. The van der Waals surface area contributed by atoms with Crippen molar-refractivity contribution >= 4 is 31.9 Å². The van der Waals surface area contributed by atoms with Crippen molar-refractivity contribution in [1.82, 2.24) is 0 Å². The SMILES string of the molecule is COCOc1cccc(C(F)(F)F)c1Br.Fc1cccc(C(F)(F)F)c1Br. The molecule has 0 unspecified atom stereocenters. The molecule has 27 heavy (non-hydrogen) atoms. The summed E-state index contributed by atoms with van der Waals surface area (Å²) in [5, 5.41) is 0. The highest BCUT2D eigenvalue weighted by Crippen LogP contribution is 2.39. The summed E-state index contributed by atoms with van der Waals surface area (Å²) in [5.41, 5.74) is -1.77. The molecule has 150 valence electrons.